The van der Waals surface area contributed by atoms with Gasteiger partial charge in [-0.25, -0.2) is 0 Å². The van der Waals surface area contributed by atoms with Crippen LogP contribution in [0.1, 0.15) is 316 Å². The number of allylic oxidation sites excluding steroid dienone is 12. The quantitative estimate of drug-likeness (QED) is 0.0345. The standard InChI is InChI=1S/C67H120O5/c1-4-7-10-13-16-19-22-25-28-31-33-35-38-41-44-47-50-53-56-59-62-70-63-65(72-67(69)61-58-55-52-49-46-43-40-36-30-27-24-21-18-15-12-9-6-3)64-71-66(68)60-57-54-51-48-45-42-39-37-34-32-29-26-23-20-17-14-11-8-5-2/h9,12,17-18,20-21,25-30,65H,4-8,10-11,13-16,19,22-24,31-64H2,1-3H3/b12-9-,20-17-,21-18-,28-25-,29-26-,30-27-. The fourth-order valence-electron chi connectivity index (χ4n) is 9.02. The van der Waals surface area contributed by atoms with Gasteiger partial charge < -0.3 is 14.2 Å². The largest absolute Gasteiger partial charge is 0.462 e. The van der Waals surface area contributed by atoms with E-state index in [1.807, 2.05) is 0 Å². The molecule has 1 unspecified atom stereocenters. The molecule has 0 bridgehead atoms. The molecule has 5 heteroatoms. The van der Waals surface area contributed by atoms with Crippen LogP contribution < -0.4 is 0 Å². The van der Waals surface area contributed by atoms with E-state index in [1.54, 1.807) is 0 Å². The second kappa shape index (κ2) is 62.6. The second-order valence-electron chi connectivity index (χ2n) is 20.9. The van der Waals surface area contributed by atoms with Gasteiger partial charge >= 0.3 is 11.9 Å². The highest BCUT2D eigenvalue weighted by molar-refractivity contribution is 5.70. The summed E-state index contributed by atoms with van der Waals surface area (Å²) in [4.78, 5) is 25.6. The van der Waals surface area contributed by atoms with Crippen molar-refractivity contribution in [3.63, 3.8) is 0 Å². The summed E-state index contributed by atoms with van der Waals surface area (Å²) in [6, 6.07) is 0. The van der Waals surface area contributed by atoms with Crippen LogP contribution in [0.15, 0.2) is 72.9 Å². The Balaban J connectivity index is 4.28. The first kappa shape index (κ1) is 69.3. The van der Waals surface area contributed by atoms with Gasteiger partial charge in [-0.3, -0.25) is 9.59 Å². The molecule has 1 atom stereocenters. The number of carbonyl (C=O) groups is 2. The van der Waals surface area contributed by atoms with Crippen LogP contribution in [0.5, 0.6) is 0 Å². The third-order valence-corrected chi connectivity index (χ3v) is 13.7. The van der Waals surface area contributed by atoms with Crippen LogP contribution >= 0.6 is 0 Å². The Bertz CT molecular complexity index is 1270. The highest BCUT2D eigenvalue weighted by Gasteiger charge is 2.17. The summed E-state index contributed by atoms with van der Waals surface area (Å²) >= 11 is 0. The molecule has 0 N–H and O–H groups in total. The first-order valence-corrected chi connectivity index (χ1v) is 31.5. The van der Waals surface area contributed by atoms with Crippen LogP contribution in [-0.2, 0) is 23.8 Å². The van der Waals surface area contributed by atoms with Gasteiger partial charge in [-0.2, -0.15) is 0 Å². The molecule has 0 aliphatic rings. The molecule has 72 heavy (non-hydrogen) atoms. The molecule has 0 rings (SSSR count). The molecule has 0 heterocycles. The van der Waals surface area contributed by atoms with E-state index in [0.29, 0.717) is 19.4 Å². The summed E-state index contributed by atoms with van der Waals surface area (Å²) in [6.07, 6.45) is 82.2. The van der Waals surface area contributed by atoms with Gasteiger partial charge in [0.05, 0.1) is 6.61 Å². The van der Waals surface area contributed by atoms with E-state index in [4.69, 9.17) is 14.2 Å². The van der Waals surface area contributed by atoms with Gasteiger partial charge in [0.2, 0.25) is 0 Å². The maximum Gasteiger partial charge on any atom is 0.306 e. The number of carbonyl (C=O) groups excluding carboxylic acids is 2. The Morgan fingerprint density at radius 2 is 0.625 bits per heavy atom. The zero-order valence-electron chi connectivity index (χ0n) is 48.2. The summed E-state index contributed by atoms with van der Waals surface area (Å²) < 4.78 is 17.5. The average Bonchev–Trinajstić information content (AvgIpc) is 3.38. The van der Waals surface area contributed by atoms with Gasteiger partial charge in [-0.15, -0.1) is 0 Å². The first-order chi connectivity index (χ1) is 35.6. The topological polar surface area (TPSA) is 61.8 Å². The van der Waals surface area contributed by atoms with Gasteiger partial charge in [0.15, 0.2) is 6.10 Å². The summed E-state index contributed by atoms with van der Waals surface area (Å²) in [5.41, 5.74) is 0. The fraction of sp³-hybridized carbons (Fsp3) is 0.791. The van der Waals surface area contributed by atoms with Crippen molar-refractivity contribution in [1.29, 1.82) is 0 Å². The van der Waals surface area contributed by atoms with Gasteiger partial charge in [0, 0.05) is 19.4 Å². The van der Waals surface area contributed by atoms with Crippen molar-refractivity contribution in [1.82, 2.24) is 0 Å². The molecule has 0 aromatic rings. The Morgan fingerprint density at radius 1 is 0.319 bits per heavy atom. The Morgan fingerprint density at radius 3 is 1.04 bits per heavy atom. The van der Waals surface area contributed by atoms with E-state index in [0.717, 1.165) is 77.0 Å². The number of hydrogen-bond acceptors (Lipinski definition) is 5. The highest BCUT2D eigenvalue weighted by Crippen LogP contribution is 2.16. The van der Waals surface area contributed by atoms with Crippen LogP contribution in [0, 0.1) is 0 Å². The van der Waals surface area contributed by atoms with E-state index < -0.39 is 6.10 Å². The molecular formula is C67H120O5. The third-order valence-electron chi connectivity index (χ3n) is 13.7. The number of ether oxygens (including phenoxy) is 3. The molecule has 0 fully saturated rings. The molecule has 0 saturated heterocycles. The SMILES string of the molecule is CC/C=C\C/C=C\C/C=C\CCCCCCCCCC(=O)OC(COCCCCCCCCCCCC/C=C\CCCCCCCC)COC(=O)CCCCCCCCCCC/C=C\C/C=C\CCCCC. The lowest BCUT2D eigenvalue weighted by molar-refractivity contribution is -0.163. The van der Waals surface area contributed by atoms with Crippen LogP contribution in [-0.4, -0.2) is 37.9 Å². The predicted octanol–water partition coefficient (Wildman–Crippen LogP) is 21.8. The molecule has 0 aromatic carbocycles. The molecule has 0 amide bonds. The van der Waals surface area contributed by atoms with Gasteiger partial charge in [-0.1, -0.05) is 267 Å². The van der Waals surface area contributed by atoms with E-state index in [2.05, 4.69) is 93.7 Å². The molecule has 0 saturated carbocycles. The predicted molar refractivity (Wildman–Crippen MR) is 316 cm³/mol. The van der Waals surface area contributed by atoms with Crippen molar-refractivity contribution in [2.75, 3.05) is 19.8 Å². The van der Waals surface area contributed by atoms with Gasteiger partial charge in [-0.05, 0) is 109 Å². The Labute approximate surface area is 448 Å². The van der Waals surface area contributed by atoms with Crippen molar-refractivity contribution >= 4 is 11.9 Å². The Hall–Kier alpha value is -2.66. The number of unbranched alkanes of at least 4 members (excludes halogenated alkanes) is 35. The van der Waals surface area contributed by atoms with Crippen molar-refractivity contribution in [3.8, 4) is 0 Å². The van der Waals surface area contributed by atoms with Gasteiger partial charge in [0.25, 0.3) is 0 Å². The lowest BCUT2D eigenvalue weighted by Crippen LogP contribution is -2.30. The van der Waals surface area contributed by atoms with Gasteiger partial charge in [0.1, 0.15) is 6.61 Å². The molecule has 0 aliphatic heterocycles. The van der Waals surface area contributed by atoms with E-state index >= 15 is 0 Å². The first-order valence-electron chi connectivity index (χ1n) is 31.5. The third kappa shape index (κ3) is 59.9. The molecule has 0 spiro atoms. The van der Waals surface area contributed by atoms with Crippen molar-refractivity contribution in [2.45, 2.75) is 322 Å². The maximum atomic E-state index is 12.9. The number of esters is 2. The molecule has 0 aromatic heterocycles. The minimum Gasteiger partial charge on any atom is -0.462 e. The highest BCUT2D eigenvalue weighted by atomic mass is 16.6. The molecule has 0 aliphatic carbocycles. The number of hydrogen-bond donors (Lipinski definition) is 0. The lowest BCUT2D eigenvalue weighted by Gasteiger charge is -2.18. The average molecular weight is 1010 g/mol. The smallest absolute Gasteiger partial charge is 0.306 e. The van der Waals surface area contributed by atoms with Crippen LogP contribution in [0.4, 0.5) is 0 Å². The zero-order chi connectivity index (χ0) is 52.0. The summed E-state index contributed by atoms with van der Waals surface area (Å²) in [5, 5.41) is 0. The minimum atomic E-state index is -0.547. The molecule has 0 radical (unpaired) electrons. The zero-order valence-corrected chi connectivity index (χ0v) is 48.2. The van der Waals surface area contributed by atoms with Crippen LogP contribution in [0.25, 0.3) is 0 Å². The maximum absolute atomic E-state index is 12.9. The van der Waals surface area contributed by atoms with E-state index in [-0.39, 0.29) is 25.2 Å². The Kier molecular flexibility index (Phi) is 60.3. The normalized spacial score (nSPS) is 12.7. The monoisotopic (exact) mass is 1000 g/mol. The van der Waals surface area contributed by atoms with Crippen molar-refractivity contribution in [3.05, 3.63) is 72.9 Å². The summed E-state index contributed by atoms with van der Waals surface area (Å²) in [5.74, 6) is -0.402. The van der Waals surface area contributed by atoms with E-state index in [9.17, 15) is 9.59 Å². The number of rotatable bonds is 58. The molecule has 418 valence electrons. The van der Waals surface area contributed by atoms with Crippen molar-refractivity contribution in [2.24, 2.45) is 0 Å². The van der Waals surface area contributed by atoms with Crippen LogP contribution in [0.3, 0.4) is 0 Å². The second-order valence-corrected chi connectivity index (χ2v) is 20.9. The lowest BCUT2D eigenvalue weighted by atomic mass is 10.1. The fourth-order valence-corrected chi connectivity index (χ4v) is 9.02. The summed E-state index contributed by atoms with van der Waals surface area (Å²) in [7, 11) is 0. The molecular weight excluding hydrogens is 885 g/mol. The summed E-state index contributed by atoms with van der Waals surface area (Å²) in [6.45, 7) is 7.72. The van der Waals surface area contributed by atoms with Crippen LogP contribution in [0.2, 0.25) is 0 Å². The van der Waals surface area contributed by atoms with Crippen molar-refractivity contribution < 1.29 is 23.8 Å². The minimum absolute atomic E-state index is 0.0784. The van der Waals surface area contributed by atoms with E-state index in [1.165, 1.54) is 205 Å². The molecule has 5 nitrogen and oxygen atoms in total.